The summed E-state index contributed by atoms with van der Waals surface area (Å²) in [6, 6.07) is 14.6. The van der Waals surface area contributed by atoms with Gasteiger partial charge in [-0.15, -0.1) is 0 Å². The Morgan fingerprint density at radius 1 is 1.14 bits per heavy atom. The summed E-state index contributed by atoms with van der Waals surface area (Å²) >= 11 is 0. The molecular formula is C21H24FN3O3S. The van der Waals surface area contributed by atoms with Crippen molar-refractivity contribution in [1.29, 1.82) is 0 Å². The number of nitrogens with zero attached hydrogens (tertiary/aromatic N) is 3. The number of rotatable bonds is 6. The number of hydrogen-bond acceptors (Lipinski definition) is 5. The third-order valence-corrected chi connectivity index (χ3v) is 6.47. The van der Waals surface area contributed by atoms with Crippen molar-refractivity contribution in [3.63, 3.8) is 0 Å². The second-order valence-electron chi connectivity index (χ2n) is 7.55. The second kappa shape index (κ2) is 7.85. The molecule has 3 aromatic rings. The Bertz CT molecular complexity index is 1110. The van der Waals surface area contributed by atoms with Gasteiger partial charge in [0.2, 0.25) is 0 Å². The van der Waals surface area contributed by atoms with E-state index in [2.05, 4.69) is 4.98 Å². The summed E-state index contributed by atoms with van der Waals surface area (Å²) in [5, 5.41) is 0. The molecule has 29 heavy (non-hydrogen) atoms. The van der Waals surface area contributed by atoms with Crippen molar-refractivity contribution < 1.29 is 17.5 Å². The summed E-state index contributed by atoms with van der Waals surface area (Å²) in [5.74, 6) is 0.771. The van der Waals surface area contributed by atoms with Crippen LogP contribution in [0.15, 0.2) is 53.4 Å². The van der Waals surface area contributed by atoms with Crippen LogP contribution in [0, 0.1) is 0 Å². The van der Waals surface area contributed by atoms with Crippen molar-refractivity contribution >= 4 is 20.9 Å². The molecule has 0 aliphatic carbocycles. The standard InChI is InChI=1S/C21H24FN3O3S/c1-24-19-6-4-3-5-18(19)23-21(24)14-28-20-13-25(12-17(20)22)11-15-7-9-16(10-8-15)29(2,26)27/h3-10,17,20H,11-14H2,1-2H3/t17-,20+/m1/s1. The van der Waals surface area contributed by atoms with Gasteiger partial charge in [-0.05, 0) is 29.8 Å². The third kappa shape index (κ3) is 4.34. The monoisotopic (exact) mass is 417 g/mol. The van der Waals surface area contributed by atoms with Crippen LogP contribution in [-0.4, -0.2) is 54.5 Å². The molecule has 1 fully saturated rings. The molecule has 0 bridgehead atoms. The van der Waals surface area contributed by atoms with E-state index < -0.39 is 22.1 Å². The Morgan fingerprint density at radius 3 is 2.55 bits per heavy atom. The van der Waals surface area contributed by atoms with Crippen molar-refractivity contribution in [2.45, 2.75) is 30.3 Å². The third-order valence-electron chi connectivity index (χ3n) is 5.34. The maximum absolute atomic E-state index is 14.5. The molecule has 2 atom stereocenters. The van der Waals surface area contributed by atoms with Gasteiger partial charge >= 0.3 is 0 Å². The fraction of sp³-hybridized carbons (Fsp3) is 0.381. The molecule has 1 saturated heterocycles. The minimum Gasteiger partial charge on any atom is -0.366 e. The molecule has 0 amide bonds. The summed E-state index contributed by atoms with van der Waals surface area (Å²) in [6.07, 6.45) is -0.395. The van der Waals surface area contributed by atoms with E-state index in [0.29, 0.717) is 19.6 Å². The zero-order valence-electron chi connectivity index (χ0n) is 16.5. The molecule has 0 spiro atoms. The van der Waals surface area contributed by atoms with Crippen LogP contribution < -0.4 is 0 Å². The number of fused-ring (bicyclic) bond motifs is 1. The number of imidazole rings is 1. The fourth-order valence-corrected chi connectivity index (χ4v) is 4.33. The smallest absolute Gasteiger partial charge is 0.175 e. The van der Waals surface area contributed by atoms with Crippen LogP contribution >= 0.6 is 0 Å². The summed E-state index contributed by atoms with van der Waals surface area (Å²) in [6.45, 7) is 1.59. The summed E-state index contributed by atoms with van der Waals surface area (Å²) in [5.41, 5.74) is 2.87. The van der Waals surface area contributed by atoms with Crippen LogP contribution in [0.4, 0.5) is 4.39 Å². The Hall–Kier alpha value is -2.29. The largest absolute Gasteiger partial charge is 0.366 e. The van der Waals surface area contributed by atoms with Crippen LogP contribution in [0.2, 0.25) is 0 Å². The van der Waals surface area contributed by atoms with Gasteiger partial charge in [-0.2, -0.15) is 0 Å². The average molecular weight is 418 g/mol. The molecule has 0 saturated carbocycles. The maximum Gasteiger partial charge on any atom is 0.175 e. The number of aromatic nitrogens is 2. The number of sulfone groups is 1. The minimum absolute atomic E-state index is 0.257. The molecule has 1 aliphatic rings. The van der Waals surface area contributed by atoms with Gasteiger partial charge in [0.15, 0.2) is 9.84 Å². The lowest BCUT2D eigenvalue weighted by Gasteiger charge is -2.16. The van der Waals surface area contributed by atoms with E-state index in [9.17, 15) is 12.8 Å². The highest BCUT2D eigenvalue weighted by Gasteiger charge is 2.33. The van der Waals surface area contributed by atoms with Gasteiger partial charge in [0.05, 0.1) is 15.9 Å². The predicted octanol–water partition coefficient (Wildman–Crippen LogP) is 2.72. The van der Waals surface area contributed by atoms with E-state index in [4.69, 9.17) is 4.74 Å². The van der Waals surface area contributed by atoms with Crippen molar-refractivity contribution in [3.05, 3.63) is 59.9 Å². The Morgan fingerprint density at radius 2 is 1.86 bits per heavy atom. The molecule has 6 nitrogen and oxygen atoms in total. The molecule has 1 aromatic heterocycles. The van der Waals surface area contributed by atoms with Crippen molar-refractivity contribution in [2.24, 2.45) is 7.05 Å². The highest BCUT2D eigenvalue weighted by atomic mass is 32.2. The highest BCUT2D eigenvalue weighted by molar-refractivity contribution is 7.90. The molecular weight excluding hydrogens is 393 g/mol. The Labute approximate surface area is 169 Å². The first-order valence-corrected chi connectivity index (χ1v) is 11.4. The van der Waals surface area contributed by atoms with Gasteiger partial charge in [0.25, 0.3) is 0 Å². The van der Waals surface area contributed by atoms with Gasteiger partial charge in [-0.25, -0.2) is 17.8 Å². The number of likely N-dealkylation sites (tertiary alicyclic amines) is 1. The van der Waals surface area contributed by atoms with Gasteiger partial charge in [0, 0.05) is 32.9 Å². The van der Waals surface area contributed by atoms with Crippen molar-refractivity contribution in [1.82, 2.24) is 14.5 Å². The van der Waals surface area contributed by atoms with Crippen molar-refractivity contribution in [2.75, 3.05) is 19.3 Å². The molecule has 2 aromatic carbocycles. The van der Waals surface area contributed by atoms with Crippen LogP contribution in [0.5, 0.6) is 0 Å². The molecule has 154 valence electrons. The number of aryl methyl sites for hydroxylation is 1. The number of para-hydroxylation sites is 2. The zero-order valence-corrected chi connectivity index (χ0v) is 17.3. The van der Waals surface area contributed by atoms with Crippen LogP contribution in [0.3, 0.4) is 0 Å². The molecule has 1 aliphatic heterocycles. The van der Waals surface area contributed by atoms with Gasteiger partial charge in [0.1, 0.15) is 24.7 Å². The van der Waals surface area contributed by atoms with E-state index in [1.807, 2.05) is 40.8 Å². The Kier molecular flexibility index (Phi) is 5.42. The topological polar surface area (TPSA) is 64.4 Å². The summed E-state index contributed by atoms with van der Waals surface area (Å²) in [7, 11) is -1.28. The first-order chi connectivity index (χ1) is 13.8. The SMILES string of the molecule is Cn1c(CO[C@H]2CN(Cc3ccc(S(C)(=O)=O)cc3)C[C@H]2F)nc2ccccc21. The maximum atomic E-state index is 14.5. The van der Waals surface area contributed by atoms with Crippen LogP contribution in [-0.2, 0) is 34.8 Å². The van der Waals surface area contributed by atoms with E-state index in [1.54, 1.807) is 24.3 Å². The van der Waals surface area contributed by atoms with Crippen LogP contribution in [0.1, 0.15) is 11.4 Å². The first-order valence-electron chi connectivity index (χ1n) is 9.48. The normalized spacial score (nSPS) is 20.5. The van der Waals surface area contributed by atoms with E-state index >= 15 is 0 Å². The predicted molar refractivity (Wildman–Crippen MR) is 109 cm³/mol. The highest BCUT2D eigenvalue weighted by Crippen LogP contribution is 2.22. The number of ether oxygens (including phenoxy) is 1. The van der Waals surface area contributed by atoms with Crippen molar-refractivity contribution in [3.8, 4) is 0 Å². The first kappa shape index (κ1) is 20.0. The summed E-state index contributed by atoms with van der Waals surface area (Å²) < 4.78 is 45.5. The minimum atomic E-state index is -3.21. The molecule has 4 rings (SSSR count). The molecule has 0 unspecified atom stereocenters. The molecule has 8 heteroatoms. The summed E-state index contributed by atoms with van der Waals surface area (Å²) in [4.78, 5) is 6.84. The molecule has 2 heterocycles. The lowest BCUT2D eigenvalue weighted by molar-refractivity contribution is 0.00749. The number of benzene rings is 2. The Balaban J connectivity index is 1.36. The number of halogens is 1. The lowest BCUT2D eigenvalue weighted by atomic mass is 10.2. The average Bonchev–Trinajstić information content (AvgIpc) is 3.19. The fourth-order valence-electron chi connectivity index (χ4n) is 3.70. The molecule has 0 radical (unpaired) electrons. The van der Waals surface area contributed by atoms with Crippen LogP contribution in [0.25, 0.3) is 11.0 Å². The van der Waals surface area contributed by atoms with Gasteiger partial charge in [-0.3, -0.25) is 4.90 Å². The number of alkyl halides is 1. The zero-order chi connectivity index (χ0) is 20.6. The van der Waals surface area contributed by atoms with E-state index in [1.165, 1.54) is 6.26 Å². The van der Waals surface area contributed by atoms with E-state index in [0.717, 1.165) is 22.4 Å². The quantitative estimate of drug-likeness (QED) is 0.617. The lowest BCUT2D eigenvalue weighted by Crippen LogP contribution is -2.25. The number of hydrogen-bond donors (Lipinski definition) is 0. The second-order valence-corrected chi connectivity index (χ2v) is 9.57. The van der Waals surface area contributed by atoms with Gasteiger partial charge in [-0.1, -0.05) is 24.3 Å². The molecule has 0 N–H and O–H groups in total. The van der Waals surface area contributed by atoms with E-state index in [-0.39, 0.29) is 11.5 Å². The van der Waals surface area contributed by atoms with Gasteiger partial charge < -0.3 is 9.30 Å².